The molecule has 0 amide bonds. The molecule has 12 heavy (non-hydrogen) atoms. The molecule has 72 valence electrons. The van der Waals surface area contributed by atoms with Crippen molar-refractivity contribution in [2.24, 2.45) is 0 Å². The molecule has 0 aromatic carbocycles. The van der Waals surface area contributed by atoms with Crippen LogP contribution in [0.2, 0.25) is 26.2 Å². The fraction of sp³-hybridized carbons (Fsp3) is 1.00. The molecule has 1 aliphatic rings. The van der Waals surface area contributed by atoms with Crippen molar-refractivity contribution in [3.63, 3.8) is 0 Å². The largest absolute Gasteiger partial charge is 0.415 e. The molecule has 0 spiro atoms. The minimum Gasteiger partial charge on any atom is -0.415 e. The Morgan fingerprint density at radius 2 is 1.25 bits per heavy atom. The molecule has 0 N–H and O–H groups in total. The molecule has 0 bridgehead atoms. The highest BCUT2D eigenvalue weighted by Gasteiger charge is 2.37. The molecular formula is C7H18O3Si2. The quantitative estimate of drug-likeness (QED) is 0.566. The third kappa shape index (κ3) is 3.36. The molecule has 5 heteroatoms. The first-order chi connectivity index (χ1) is 5.41. The molecule has 0 saturated carbocycles. The molecule has 1 heterocycles. The summed E-state index contributed by atoms with van der Waals surface area (Å²) in [5, 5.41) is 0. The summed E-state index contributed by atoms with van der Waals surface area (Å²) in [5.74, 6) is 0. The highest BCUT2D eigenvalue weighted by molar-refractivity contribution is 6.78. The van der Waals surface area contributed by atoms with Crippen LogP contribution >= 0.6 is 0 Å². The Balaban J connectivity index is 2.58. The van der Waals surface area contributed by atoms with Gasteiger partial charge in [-0.05, 0) is 32.6 Å². The van der Waals surface area contributed by atoms with Gasteiger partial charge in [-0.1, -0.05) is 0 Å². The number of hydrogen-bond donors (Lipinski definition) is 0. The first-order valence-corrected chi connectivity index (χ1v) is 10.0. The van der Waals surface area contributed by atoms with Gasteiger partial charge >= 0.3 is 17.1 Å². The normalized spacial score (nSPS) is 29.0. The van der Waals surface area contributed by atoms with Gasteiger partial charge in [0.25, 0.3) is 0 Å². The van der Waals surface area contributed by atoms with Crippen LogP contribution in [-0.2, 0) is 13.0 Å². The van der Waals surface area contributed by atoms with Gasteiger partial charge in [-0.15, -0.1) is 0 Å². The Morgan fingerprint density at radius 3 is 1.67 bits per heavy atom. The summed E-state index contributed by atoms with van der Waals surface area (Å²) in [6.07, 6.45) is 0.996. The summed E-state index contributed by atoms with van der Waals surface area (Å²) in [6, 6.07) is 0. The van der Waals surface area contributed by atoms with E-state index >= 15 is 0 Å². The topological polar surface area (TPSA) is 27.7 Å². The van der Waals surface area contributed by atoms with Crippen LogP contribution in [0, 0.1) is 0 Å². The fourth-order valence-corrected chi connectivity index (χ4v) is 7.82. The molecule has 1 rings (SSSR count). The monoisotopic (exact) mass is 206 g/mol. The van der Waals surface area contributed by atoms with Gasteiger partial charge in [-0.2, -0.15) is 0 Å². The molecule has 3 nitrogen and oxygen atoms in total. The predicted molar refractivity (Wildman–Crippen MR) is 52.6 cm³/mol. The molecular weight excluding hydrogens is 188 g/mol. The lowest BCUT2D eigenvalue weighted by atomic mass is 10.5. The van der Waals surface area contributed by atoms with Gasteiger partial charge in [0, 0.05) is 13.2 Å². The van der Waals surface area contributed by atoms with Gasteiger partial charge in [0.15, 0.2) is 0 Å². The standard InChI is InChI=1S/C7H18O3Si2/c1-11(2)8-6-5-7-9-12(3,4)10-11/h5-7H2,1-4H3. The first-order valence-electron chi connectivity index (χ1n) is 4.39. The van der Waals surface area contributed by atoms with Gasteiger partial charge in [-0.25, -0.2) is 0 Å². The van der Waals surface area contributed by atoms with Crippen molar-refractivity contribution in [1.82, 2.24) is 0 Å². The van der Waals surface area contributed by atoms with Crippen molar-refractivity contribution in [1.29, 1.82) is 0 Å². The molecule has 0 atom stereocenters. The average molecular weight is 206 g/mol. The second kappa shape index (κ2) is 3.59. The van der Waals surface area contributed by atoms with E-state index in [2.05, 4.69) is 26.2 Å². The number of rotatable bonds is 0. The Hall–Kier alpha value is 0.314. The van der Waals surface area contributed by atoms with E-state index in [-0.39, 0.29) is 0 Å². The average Bonchev–Trinajstić information content (AvgIpc) is 1.80. The zero-order valence-electron chi connectivity index (χ0n) is 8.35. The van der Waals surface area contributed by atoms with E-state index in [1.54, 1.807) is 0 Å². The summed E-state index contributed by atoms with van der Waals surface area (Å²) in [5.41, 5.74) is 0. The maximum Gasteiger partial charge on any atom is 0.322 e. The van der Waals surface area contributed by atoms with Crippen molar-refractivity contribution in [2.45, 2.75) is 32.6 Å². The lowest BCUT2D eigenvalue weighted by Crippen LogP contribution is -2.50. The van der Waals surface area contributed by atoms with Crippen molar-refractivity contribution < 1.29 is 13.0 Å². The third-order valence-electron chi connectivity index (χ3n) is 1.68. The maximum atomic E-state index is 5.90. The van der Waals surface area contributed by atoms with E-state index in [1.165, 1.54) is 0 Å². The smallest absolute Gasteiger partial charge is 0.322 e. The third-order valence-corrected chi connectivity index (χ3v) is 7.41. The van der Waals surface area contributed by atoms with Crippen molar-refractivity contribution in [3.8, 4) is 0 Å². The Labute approximate surface area is 76.5 Å². The van der Waals surface area contributed by atoms with Crippen LogP contribution in [-0.4, -0.2) is 30.3 Å². The molecule has 0 aromatic heterocycles. The molecule has 0 aliphatic carbocycles. The molecule has 0 unspecified atom stereocenters. The van der Waals surface area contributed by atoms with Gasteiger partial charge < -0.3 is 13.0 Å². The van der Waals surface area contributed by atoms with Crippen LogP contribution in [0.15, 0.2) is 0 Å². The molecule has 0 radical (unpaired) electrons. The van der Waals surface area contributed by atoms with Crippen molar-refractivity contribution >= 4 is 17.1 Å². The summed E-state index contributed by atoms with van der Waals surface area (Å²) < 4.78 is 17.3. The lowest BCUT2D eigenvalue weighted by molar-refractivity contribution is 0.147. The first kappa shape index (κ1) is 10.4. The Morgan fingerprint density at radius 1 is 0.833 bits per heavy atom. The Kier molecular flexibility index (Phi) is 3.11. The lowest BCUT2D eigenvalue weighted by Gasteiger charge is -2.34. The van der Waals surface area contributed by atoms with E-state index in [0.717, 1.165) is 19.6 Å². The zero-order valence-corrected chi connectivity index (χ0v) is 10.3. The van der Waals surface area contributed by atoms with Crippen LogP contribution in [0.3, 0.4) is 0 Å². The van der Waals surface area contributed by atoms with Gasteiger partial charge in [-0.3, -0.25) is 0 Å². The van der Waals surface area contributed by atoms with Crippen molar-refractivity contribution in [3.05, 3.63) is 0 Å². The minimum atomic E-state index is -1.87. The van der Waals surface area contributed by atoms with Crippen LogP contribution in [0.25, 0.3) is 0 Å². The van der Waals surface area contributed by atoms with Crippen LogP contribution in [0.4, 0.5) is 0 Å². The number of hydrogen-bond acceptors (Lipinski definition) is 3. The van der Waals surface area contributed by atoms with Crippen LogP contribution in [0.5, 0.6) is 0 Å². The van der Waals surface area contributed by atoms with Gasteiger partial charge in [0.1, 0.15) is 0 Å². The molecule has 1 saturated heterocycles. The Bertz CT molecular complexity index is 143. The molecule has 0 aromatic rings. The van der Waals surface area contributed by atoms with E-state index < -0.39 is 17.1 Å². The van der Waals surface area contributed by atoms with E-state index in [1.807, 2.05) is 0 Å². The maximum absolute atomic E-state index is 5.90. The van der Waals surface area contributed by atoms with E-state index in [4.69, 9.17) is 13.0 Å². The zero-order chi connectivity index (χ0) is 9.24. The summed E-state index contributed by atoms with van der Waals surface area (Å²) in [4.78, 5) is 0. The van der Waals surface area contributed by atoms with Crippen LogP contribution in [0.1, 0.15) is 6.42 Å². The SMILES string of the molecule is C[Si]1(C)OCCCO[Si](C)(C)O1. The summed E-state index contributed by atoms with van der Waals surface area (Å²) >= 11 is 0. The highest BCUT2D eigenvalue weighted by atomic mass is 28.5. The summed E-state index contributed by atoms with van der Waals surface area (Å²) in [7, 11) is -3.74. The van der Waals surface area contributed by atoms with Crippen LogP contribution < -0.4 is 0 Å². The van der Waals surface area contributed by atoms with Crippen molar-refractivity contribution in [2.75, 3.05) is 13.2 Å². The minimum absolute atomic E-state index is 0.781. The highest BCUT2D eigenvalue weighted by Crippen LogP contribution is 2.19. The summed E-state index contributed by atoms with van der Waals surface area (Å²) in [6.45, 7) is 9.88. The van der Waals surface area contributed by atoms with E-state index in [9.17, 15) is 0 Å². The molecule has 1 aliphatic heterocycles. The fourth-order valence-electron chi connectivity index (χ4n) is 1.35. The van der Waals surface area contributed by atoms with E-state index in [0.29, 0.717) is 0 Å². The predicted octanol–water partition coefficient (Wildman–Crippen LogP) is 1.84. The second-order valence-electron chi connectivity index (χ2n) is 3.95. The second-order valence-corrected chi connectivity index (χ2v) is 10.9. The van der Waals surface area contributed by atoms with Gasteiger partial charge in [0.05, 0.1) is 0 Å². The van der Waals surface area contributed by atoms with Gasteiger partial charge in [0.2, 0.25) is 0 Å². The molecule has 1 fully saturated rings.